The summed E-state index contributed by atoms with van der Waals surface area (Å²) in [6, 6.07) is 0.421. The summed E-state index contributed by atoms with van der Waals surface area (Å²) in [5.41, 5.74) is 4.70. The minimum Gasteiger partial charge on any atom is -0.369 e. The minimum absolute atomic E-state index is 0.00778. The average Bonchev–Trinajstić information content (AvgIpc) is 3.12. The first kappa shape index (κ1) is 66.3. The fourth-order valence-corrected chi connectivity index (χ4v) is 2.30. The van der Waals surface area contributed by atoms with Gasteiger partial charge in [0.1, 0.15) is 31.4 Å². The van der Waals surface area contributed by atoms with E-state index in [0.29, 0.717) is 50.9 Å². The van der Waals surface area contributed by atoms with Gasteiger partial charge >= 0.3 is 0 Å². The highest BCUT2D eigenvalue weighted by Crippen LogP contribution is 1.85. The standard InChI is InChI=1S/C7H12N2O3.C7H14N2O2.C6H12N2O2.C5H11NO.C4H9NO.C3H8N2O.C3H9N/c1-8(6-11)5-7(12)9(2)3-4-10;1-8(2)6-7(11)9(3)4-5-10;1-7-5-6(10)8(2)3-4-9;1-5(2)6-3-4-7;1-5(2)3-4-6;1-5-2-3(4)6;1-3-4-2/h4,6H,3,5H2,1-2H3;5H,4,6H2,1-3H3;4,7H,3,5H2,1-2H3;4-6H,3H2,1-2H3;4H,3H2,1-2H3;5H,2H2,1H3,(H2,4,6);4H,3H2,1-2H3. The van der Waals surface area contributed by atoms with Crippen LogP contribution in [0.3, 0.4) is 0 Å². The summed E-state index contributed by atoms with van der Waals surface area (Å²) in [5.74, 6) is -0.689. The van der Waals surface area contributed by atoms with Crippen molar-refractivity contribution in [3.05, 3.63) is 0 Å². The first-order valence-electron chi connectivity index (χ1n) is 17.4. The Morgan fingerprint density at radius 1 is 0.554 bits per heavy atom. The Labute approximate surface area is 335 Å². The third-order valence-electron chi connectivity index (χ3n) is 5.42. The van der Waals surface area contributed by atoms with Crippen LogP contribution >= 0.6 is 0 Å². The van der Waals surface area contributed by atoms with Crippen LogP contribution in [-0.2, 0) is 47.9 Å². The Hall–Kier alpha value is -4.54. The molecule has 0 heterocycles. The van der Waals surface area contributed by atoms with E-state index in [4.69, 9.17) is 5.73 Å². The van der Waals surface area contributed by atoms with Gasteiger partial charge in [-0.25, -0.2) is 0 Å². The molecule has 0 saturated heterocycles. The molecule has 0 aliphatic carbocycles. The van der Waals surface area contributed by atoms with Crippen molar-refractivity contribution in [2.24, 2.45) is 5.73 Å². The van der Waals surface area contributed by atoms with Gasteiger partial charge in [-0.3, -0.25) is 24.0 Å². The van der Waals surface area contributed by atoms with Crippen LogP contribution in [0.2, 0.25) is 0 Å². The van der Waals surface area contributed by atoms with Crippen LogP contribution in [-0.4, -0.2) is 240 Å². The summed E-state index contributed by atoms with van der Waals surface area (Å²) < 4.78 is 0. The normalized spacial score (nSPS) is 9.02. The largest absolute Gasteiger partial charge is 0.369 e. The van der Waals surface area contributed by atoms with E-state index in [1.54, 1.807) is 33.1 Å². The topological polar surface area (TPSA) is 264 Å². The number of nitrogens with one attached hydrogen (secondary N) is 4. The Morgan fingerprint density at radius 2 is 0.929 bits per heavy atom. The van der Waals surface area contributed by atoms with Gasteiger partial charge in [-0.15, -0.1) is 0 Å². The number of aldehydes is 5. The highest BCUT2D eigenvalue weighted by Gasteiger charge is 2.09. The molecular formula is C35H75N11O10. The van der Waals surface area contributed by atoms with Gasteiger partial charge < -0.3 is 80.4 Å². The Kier molecular flexibility index (Phi) is 62.2. The number of rotatable bonds is 21. The van der Waals surface area contributed by atoms with Crippen molar-refractivity contribution in [3.8, 4) is 0 Å². The number of carbonyl (C=O) groups excluding carboxylic acids is 10. The summed E-state index contributed by atoms with van der Waals surface area (Å²) in [7, 11) is 18.8. The molecule has 0 fully saturated rings. The highest BCUT2D eigenvalue weighted by atomic mass is 16.2. The number of likely N-dealkylation sites (N-methyl/N-ethyl adjacent to an activating group) is 8. The second-order valence-corrected chi connectivity index (χ2v) is 12.0. The molecule has 0 spiro atoms. The fourth-order valence-electron chi connectivity index (χ4n) is 2.30. The van der Waals surface area contributed by atoms with Crippen LogP contribution in [0, 0.1) is 0 Å². The van der Waals surface area contributed by atoms with Gasteiger partial charge in [-0.1, -0.05) is 20.8 Å². The van der Waals surface area contributed by atoms with Gasteiger partial charge in [0.05, 0.1) is 58.9 Å². The number of hydrogen-bond acceptors (Lipinski definition) is 16. The van der Waals surface area contributed by atoms with E-state index >= 15 is 0 Å². The molecule has 0 aromatic carbocycles. The van der Waals surface area contributed by atoms with Crippen LogP contribution in [0.25, 0.3) is 0 Å². The van der Waals surface area contributed by atoms with Gasteiger partial charge in [-0.05, 0) is 55.9 Å². The summed E-state index contributed by atoms with van der Waals surface area (Å²) in [4.78, 5) is 111. The van der Waals surface area contributed by atoms with E-state index in [-0.39, 0.29) is 62.9 Å². The number of nitrogens with two attached hydrogens (primary N) is 1. The van der Waals surface area contributed by atoms with Crippen LogP contribution in [0.4, 0.5) is 0 Å². The number of primary amides is 1. The van der Waals surface area contributed by atoms with Gasteiger partial charge in [0.2, 0.25) is 30.0 Å². The Morgan fingerprint density at radius 3 is 1.12 bits per heavy atom. The lowest BCUT2D eigenvalue weighted by Gasteiger charge is -2.16. The Bertz CT molecular complexity index is 1000. The predicted molar refractivity (Wildman–Crippen MR) is 219 cm³/mol. The molecule has 0 aliphatic rings. The van der Waals surface area contributed by atoms with Gasteiger partial charge in [0, 0.05) is 34.2 Å². The van der Waals surface area contributed by atoms with Crippen LogP contribution in [0.15, 0.2) is 0 Å². The van der Waals surface area contributed by atoms with E-state index in [0.717, 1.165) is 19.1 Å². The van der Waals surface area contributed by atoms with Crippen LogP contribution in [0.1, 0.15) is 20.8 Å². The molecule has 56 heavy (non-hydrogen) atoms. The zero-order valence-corrected chi connectivity index (χ0v) is 36.5. The summed E-state index contributed by atoms with van der Waals surface area (Å²) in [6.07, 6.45) is 4.35. The third kappa shape index (κ3) is 71.0. The molecule has 0 rings (SSSR count). The molecule has 0 aromatic heterocycles. The zero-order chi connectivity index (χ0) is 45.5. The maximum absolute atomic E-state index is 11.1. The van der Waals surface area contributed by atoms with Crippen molar-refractivity contribution in [1.82, 2.24) is 50.7 Å². The molecule has 21 nitrogen and oxygen atoms in total. The molecule has 0 atom stereocenters. The lowest BCUT2D eigenvalue weighted by molar-refractivity contribution is -0.135. The van der Waals surface area contributed by atoms with Crippen molar-refractivity contribution in [2.45, 2.75) is 26.8 Å². The second-order valence-electron chi connectivity index (χ2n) is 12.0. The van der Waals surface area contributed by atoms with E-state index in [2.05, 4.69) is 28.2 Å². The number of carbonyl (C=O) groups is 10. The van der Waals surface area contributed by atoms with Gasteiger partial charge in [0.15, 0.2) is 0 Å². The molecule has 21 heteroatoms. The van der Waals surface area contributed by atoms with Gasteiger partial charge in [0.25, 0.3) is 0 Å². The molecule has 0 radical (unpaired) electrons. The van der Waals surface area contributed by atoms with E-state index in [1.165, 1.54) is 33.7 Å². The quantitative estimate of drug-likeness (QED) is 0.0686. The van der Waals surface area contributed by atoms with Gasteiger partial charge in [-0.2, -0.15) is 0 Å². The molecule has 0 aliphatic heterocycles. The van der Waals surface area contributed by atoms with Crippen molar-refractivity contribution >= 4 is 61.5 Å². The molecule has 5 amide bonds. The molecular weight excluding hydrogens is 734 g/mol. The number of nitrogens with zero attached hydrogens (tertiary/aromatic N) is 6. The monoisotopic (exact) mass is 810 g/mol. The average molecular weight is 810 g/mol. The molecule has 0 unspecified atom stereocenters. The van der Waals surface area contributed by atoms with Crippen molar-refractivity contribution < 1.29 is 47.9 Å². The van der Waals surface area contributed by atoms with E-state index < -0.39 is 0 Å². The molecule has 6 N–H and O–H groups in total. The lowest BCUT2D eigenvalue weighted by atomic mass is 10.4. The maximum Gasteiger partial charge on any atom is 0.242 e. The maximum atomic E-state index is 11.1. The minimum atomic E-state index is -0.322. The predicted octanol–water partition coefficient (Wildman–Crippen LogP) is -4.35. The van der Waals surface area contributed by atoms with Crippen molar-refractivity contribution in [2.75, 3.05) is 143 Å². The first-order chi connectivity index (χ1) is 26.1. The Balaban J connectivity index is -0.000000103. The smallest absolute Gasteiger partial charge is 0.242 e. The number of amides is 5. The summed E-state index contributed by atoms with van der Waals surface area (Å²) >= 11 is 0. The molecule has 330 valence electrons. The highest BCUT2D eigenvalue weighted by molar-refractivity contribution is 5.81. The third-order valence-corrected chi connectivity index (χ3v) is 5.42. The second kappa shape index (κ2) is 52.6. The van der Waals surface area contributed by atoms with Crippen molar-refractivity contribution in [3.63, 3.8) is 0 Å². The van der Waals surface area contributed by atoms with Crippen molar-refractivity contribution in [1.29, 1.82) is 0 Å². The van der Waals surface area contributed by atoms with Crippen LogP contribution < -0.4 is 27.0 Å². The van der Waals surface area contributed by atoms with E-state index in [9.17, 15) is 47.9 Å². The fraction of sp³-hybridized carbons (Fsp3) is 0.714. The summed E-state index contributed by atoms with van der Waals surface area (Å²) in [5, 5.41) is 11.1. The molecule has 0 bridgehead atoms. The molecule has 0 saturated carbocycles. The summed E-state index contributed by atoms with van der Waals surface area (Å²) in [6.45, 7) is 9.45. The number of hydrogen-bond donors (Lipinski definition) is 5. The van der Waals surface area contributed by atoms with Crippen LogP contribution in [0.5, 0.6) is 0 Å². The van der Waals surface area contributed by atoms with E-state index in [1.807, 2.05) is 54.0 Å². The lowest BCUT2D eigenvalue weighted by Crippen LogP contribution is -2.36. The first-order valence-corrected chi connectivity index (χ1v) is 17.4. The zero-order valence-electron chi connectivity index (χ0n) is 36.5. The molecule has 0 aromatic rings. The SMILES string of the molecule is CC(C)NCC=O.CCNC.CN(C)CC(=O)N(C)CC=O.CN(C)CC=O.CN(C=O)CC(=O)N(C)CC=O.CNCC(=O)N(C)CC=O.CNCC(N)=O.